The van der Waals surface area contributed by atoms with Crippen molar-refractivity contribution in [2.75, 3.05) is 12.4 Å². The Morgan fingerprint density at radius 2 is 1.89 bits per heavy atom. The molecule has 0 heterocycles. The van der Waals surface area contributed by atoms with Crippen LogP contribution in [0.2, 0.25) is 0 Å². The molecule has 0 saturated carbocycles. The number of aryl methyl sites for hydroxylation is 1. The highest BCUT2D eigenvalue weighted by Crippen LogP contribution is 2.17. The number of ether oxygens (including phenoxy) is 2. The molecule has 1 aromatic rings. The Hall–Kier alpha value is -1.62. The molecule has 0 bridgehead atoms. The van der Waals surface area contributed by atoms with Crippen molar-refractivity contribution in [2.45, 2.75) is 33.3 Å². The summed E-state index contributed by atoms with van der Waals surface area (Å²) in [5, 5.41) is 3.07. The Morgan fingerprint density at radius 1 is 1.26 bits per heavy atom. The van der Waals surface area contributed by atoms with Gasteiger partial charge in [0.15, 0.2) is 5.05 Å². The van der Waals surface area contributed by atoms with Gasteiger partial charge in [0.05, 0.1) is 7.11 Å². The molecule has 0 saturated heterocycles. The fourth-order valence-electron chi connectivity index (χ4n) is 1.51. The number of carbonyl (C=O) groups is 1. The zero-order valence-corrected chi connectivity index (χ0v) is 12.7. The van der Waals surface area contributed by atoms with Crippen molar-refractivity contribution < 1.29 is 14.3 Å². The average molecular weight is 281 g/mol. The molecule has 19 heavy (non-hydrogen) atoms. The normalized spacial score (nSPS) is 10.8. The maximum absolute atomic E-state index is 11.7. The van der Waals surface area contributed by atoms with Gasteiger partial charge in [-0.05, 0) is 63.7 Å². The first kappa shape index (κ1) is 15.4. The largest absolute Gasteiger partial charge is 0.486 e. The predicted molar refractivity (Wildman–Crippen MR) is 79.7 cm³/mol. The smallest absolute Gasteiger partial charge is 0.412 e. The van der Waals surface area contributed by atoms with E-state index in [9.17, 15) is 4.79 Å². The molecule has 0 spiro atoms. The third-order valence-corrected chi connectivity index (χ3v) is 2.55. The fraction of sp³-hybridized carbons (Fsp3) is 0.429. The van der Waals surface area contributed by atoms with E-state index in [-0.39, 0.29) is 0 Å². The van der Waals surface area contributed by atoms with E-state index in [1.807, 2.05) is 39.8 Å². The minimum Gasteiger partial charge on any atom is -0.486 e. The maximum Gasteiger partial charge on any atom is 0.412 e. The van der Waals surface area contributed by atoms with Gasteiger partial charge < -0.3 is 9.47 Å². The Labute approximate surface area is 119 Å². The van der Waals surface area contributed by atoms with Gasteiger partial charge in [-0.3, -0.25) is 5.32 Å². The number of hydrogen-bond acceptors (Lipinski definition) is 4. The molecule has 1 N–H and O–H groups in total. The van der Waals surface area contributed by atoms with Crippen LogP contribution in [0, 0.1) is 6.92 Å². The van der Waals surface area contributed by atoms with Crippen molar-refractivity contribution in [3.8, 4) is 0 Å². The van der Waals surface area contributed by atoms with Crippen LogP contribution < -0.4 is 5.32 Å². The van der Waals surface area contributed by atoms with Gasteiger partial charge in [-0.2, -0.15) is 0 Å². The Balaban J connectivity index is 2.87. The molecule has 0 aromatic heterocycles. The lowest BCUT2D eigenvalue weighted by molar-refractivity contribution is 0.0636. The summed E-state index contributed by atoms with van der Waals surface area (Å²) < 4.78 is 10.2. The molecule has 1 aromatic carbocycles. The number of benzene rings is 1. The van der Waals surface area contributed by atoms with Crippen molar-refractivity contribution in [3.63, 3.8) is 0 Å². The zero-order chi connectivity index (χ0) is 14.6. The molecule has 0 atom stereocenters. The number of anilines is 1. The summed E-state index contributed by atoms with van der Waals surface area (Å²) in [6.45, 7) is 7.36. The van der Waals surface area contributed by atoms with Gasteiger partial charge in [-0.15, -0.1) is 0 Å². The Bertz CT molecular complexity index is 492. The monoisotopic (exact) mass is 281 g/mol. The molecular weight excluding hydrogens is 262 g/mol. The highest BCUT2D eigenvalue weighted by Gasteiger charge is 2.16. The maximum atomic E-state index is 11.7. The predicted octanol–water partition coefficient (Wildman–Crippen LogP) is 3.66. The minimum atomic E-state index is -0.529. The van der Waals surface area contributed by atoms with Crippen molar-refractivity contribution in [2.24, 2.45) is 0 Å². The highest BCUT2D eigenvalue weighted by molar-refractivity contribution is 7.80. The van der Waals surface area contributed by atoms with Gasteiger partial charge in [-0.25, -0.2) is 4.79 Å². The lowest BCUT2D eigenvalue weighted by atomic mass is 10.1. The van der Waals surface area contributed by atoms with E-state index < -0.39 is 11.7 Å². The number of methoxy groups -OCH3 is 1. The second-order valence-electron chi connectivity index (χ2n) is 5.21. The molecule has 0 aliphatic heterocycles. The first-order valence-electron chi connectivity index (χ1n) is 5.91. The van der Waals surface area contributed by atoms with Gasteiger partial charge >= 0.3 is 6.09 Å². The van der Waals surface area contributed by atoms with Gasteiger partial charge in [0, 0.05) is 11.3 Å². The summed E-state index contributed by atoms with van der Waals surface area (Å²) in [4.78, 5) is 11.7. The third kappa shape index (κ3) is 5.26. The standard InChI is InChI=1S/C14H19NO3S/c1-9-6-10(12(19)17-5)8-11(7-9)15-13(16)18-14(2,3)4/h6-8H,1-5H3,(H,15,16). The van der Waals surface area contributed by atoms with E-state index in [0.717, 1.165) is 11.1 Å². The van der Waals surface area contributed by atoms with Gasteiger partial charge in [0.1, 0.15) is 5.60 Å². The average Bonchev–Trinajstić information content (AvgIpc) is 2.24. The number of carbonyl (C=O) groups excluding carboxylic acids is 1. The fourth-order valence-corrected chi connectivity index (χ4v) is 1.63. The number of rotatable bonds is 2. The van der Waals surface area contributed by atoms with Crippen molar-refractivity contribution in [3.05, 3.63) is 29.3 Å². The van der Waals surface area contributed by atoms with Crippen molar-refractivity contribution in [1.29, 1.82) is 0 Å². The number of amides is 1. The number of thiocarbonyl (C=S) groups is 1. The van der Waals surface area contributed by atoms with E-state index in [4.69, 9.17) is 21.7 Å². The third-order valence-electron chi connectivity index (χ3n) is 2.14. The van der Waals surface area contributed by atoms with Crippen molar-refractivity contribution in [1.82, 2.24) is 0 Å². The first-order valence-corrected chi connectivity index (χ1v) is 6.32. The molecule has 0 fully saturated rings. The van der Waals surface area contributed by atoms with Crippen LogP contribution in [0.4, 0.5) is 10.5 Å². The molecule has 4 nitrogen and oxygen atoms in total. The highest BCUT2D eigenvalue weighted by atomic mass is 32.1. The molecule has 0 aliphatic rings. The SMILES string of the molecule is COC(=S)c1cc(C)cc(NC(=O)OC(C)(C)C)c1. The molecule has 104 valence electrons. The van der Waals surface area contributed by atoms with Crippen molar-refractivity contribution >= 4 is 29.0 Å². The van der Waals surface area contributed by atoms with Crippen LogP contribution in [0.3, 0.4) is 0 Å². The molecule has 1 rings (SSSR count). The molecule has 0 unspecified atom stereocenters. The quantitative estimate of drug-likeness (QED) is 0.840. The van der Waals surface area contributed by atoms with Crippen LogP contribution >= 0.6 is 12.2 Å². The molecule has 1 amide bonds. The summed E-state index contributed by atoms with van der Waals surface area (Å²) >= 11 is 5.08. The first-order chi connectivity index (χ1) is 8.71. The second kappa shape index (κ2) is 6.02. The lowest BCUT2D eigenvalue weighted by Crippen LogP contribution is -2.27. The van der Waals surface area contributed by atoms with Gasteiger partial charge in [0.25, 0.3) is 0 Å². The number of nitrogens with one attached hydrogen (secondary N) is 1. The Morgan fingerprint density at radius 3 is 2.42 bits per heavy atom. The van der Waals surface area contributed by atoms with Crippen LogP contribution in [0.1, 0.15) is 31.9 Å². The zero-order valence-electron chi connectivity index (χ0n) is 11.9. The van der Waals surface area contributed by atoms with Crippen LogP contribution in [0.25, 0.3) is 0 Å². The number of hydrogen-bond donors (Lipinski definition) is 1. The van der Waals surface area contributed by atoms with E-state index in [1.165, 1.54) is 7.11 Å². The Kier molecular flexibility index (Phi) is 4.89. The van der Waals surface area contributed by atoms with Crippen LogP contribution in [-0.4, -0.2) is 23.9 Å². The van der Waals surface area contributed by atoms with Gasteiger partial charge in [0.2, 0.25) is 0 Å². The molecular formula is C14H19NO3S. The van der Waals surface area contributed by atoms with E-state index in [2.05, 4.69) is 5.32 Å². The topological polar surface area (TPSA) is 47.6 Å². The lowest BCUT2D eigenvalue weighted by Gasteiger charge is -2.20. The molecule has 0 aliphatic carbocycles. The summed E-state index contributed by atoms with van der Waals surface area (Å²) in [5.74, 6) is 0. The summed E-state index contributed by atoms with van der Waals surface area (Å²) in [5.41, 5.74) is 1.83. The van der Waals surface area contributed by atoms with Gasteiger partial charge in [-0.1, -0.05) is 0 Å². The second-order valence-corrected chi connectivity index (χ2v) is 5.58. The van der Waals surface area contributed by atoms with E-state index in [1.54, 1.807) is 6.07 Å². The molecule has 5 heteroatoms. The summed E-state index contributed by atoms with van der Waals surface area (Å²) in [6.07, 6.45) is -0.493. The van der Waals surface area contributed by atoms with Crippen LogP contribution in [0.15, 0.2) is 18.2 Å². The molecule has 0 radical (unpaired) electrons. The summed E-state index contributed by atoms with van der Waals surface area (Å²) in [7, 11) is 1.52. The van der Waals surface area contributed by atoms with Crippen LogP contribution in [0.5, 0.6) is 0 Å². The summed E-state index contributed by atoms with van der Waals surface area (Å²) in [6, 6.07) is 5.49. The minimum absolute atomic E-state index is 0.385. The van der Waals surface area contributed by atoms with E-state index >= 15 is 0 Å². The van der Waals surface area contributed by atoms with Crippen LogP contribution in [-0.2, 0) is 9.47 Å². The van der Waals surface area contributed by atoms with E-state index in [0.29, 0.717) is 10.7 Å².